The number of benzene rings is 1. The normalized spacial score (nSPS) is 16.2. The van der Waals surface area contributed by atoms with E-state index in [0.29, 0.717) is 24.0 Å². The standard InChI is InChI=1S/C13H12ClNO3S2/c14-12-5-6-13(19-12)20(16,17)15-7-8-18-11-4-2-1-3-10(11)9-15/h1-6H,7-9H2. The Bertz CT molecular complexity index is 727. The molecule has 2 heterocycles. The smallest absolute Gasteiger partial charge is 0.253 e. The monoisotopic (exact) mass is 329 g/mol. The van der Waals surface area contributed by atoms with E-state index in [9.17, 15) is 8.42 Å². The third-order valence-electron chi connectivity index (χ3n) is 3.06. The zero-order valence-electron chi connectivity index (χ0n) is 10.5. The van der Waals surface area contributed by atoms with Gasteiger partial charge in [-0.1, -0.05) is 29.8 Å². The molecule has 0 aliphatic carbocycles. The molecule has 3 rings (SSSR count). The predicted octanol–water partition coefficient (Wildman–Crippen LogP) is 2.98. The van der Waals surface area contributed by atoms with E-state index in [-0.39, 0.29) is 4.21 Å². The Labute approximate surface area is 126 Å². The van der Waals surface area contributed by atoms with Crippen LogP contribution in [0.1, 0.15) is 5.56 Å². The summed E-state index contributed by atoms with van der Waals surface area (Å²) < 4.78 is 32.9. The van der Waals surface area contributed by atoms with Crippen LogP contribution in [-0.2, 0) is 16.6 Å². The quantitative estimate of drug-likeness (QED) is 0.851. The number of fused-ring (bicyclic) bond motifs is 1. The molecule has 106 valence electrons. The van der Waals surface area contributed by atoms with Crippen LogP contribution in [0.5, 0.6) is 5.75 Å². The van der Waals surface area contributed by atoms with Gasteiger partial charge in [0.25, 0.3) is 10.0 Å². The van der Waals surface area contributed by atoms with Gasteiger partial charge in [-0.05, 0) is 18.2 Å². The van der Waals surface area contributed by atoms with Crippen molar-refractivity contribution in [1.82, 2.24) is 4.31 Å². The highest BCUT2D eigenvalue weighted by molar-refractivity contribution is 7.91. The van der Waals surface area contributed by atoms with Gasteiger partial charge in [-0.25, -0.2) is 8.42 Å². The zero-order chi connectivity index (χ0) is 14.2. The molecular weight excluding hydrogens is 318 g/mol. The summed E-state index contributed by atoms with van der Waals surface area (Å²) in [6.45, 7) is 0.982. The van der Waals surface area contributed by atoms with E-state index in [1.54, 1.807) is 12.1 Å². The van der Waals surface area contributed by atoms with Gasteiger partial charge in [-0.2, -0.15) is 4.31 Å². The van der Waals surface area contributed by atoms with Gasteiger partial charge in [0.2, 0.25) is 0 Å². The maximum absolute atomic E-state index is 12.6. The molecule has 0 spiro atoms. The molecule has 1 aromatic carbocycles. The van der Waals surface area contributed by atoms with E-state index >= 15 is 0 Å². The number of nitrogens with zero attached hydrogens (tertiary/aromatic N) is 1. The van der Waals surface area contributed by atoms with Crippen molar-refractivity contribution < 1.29 is 13.2 Å². The highest BCUT2D eigenvalue weighted by atomic mass is 35.5. The van der Waals surface area contributed by atoms with Gasteiger partial charge in [0.1, 0.15) is 16.6 Å². The van der Waals surface area contributed by atoms with E-state index in [4.69, 9.17) is 16.3 Å². The Morgan fingerprint density at radius 1 is 1.20 bits per heavy atom. The highest BCUT2D eigenvalue weighted by Crippen LogP contribution is 2.31. The van der Waals surface area contributed by atoms with Crippen molar-refractivity contribution in [2.24, 2.45) is 0 Å². The molecule has 0 bridgehead atoms. The van der Waals surface area contributed by atoms with Crippen LogP contribution in [0.15, 0.2) is 40.6 Å². The lowest BCUT2D eigenvalue weighted by Gasteiger charge is -2.18. The minimum Gasteiger partial charge on any atom is -0.492 e. The van der Waals surface area contributed by atoms with Gasteiger partial charge in [0.05, 0.1) is 4.34 Å². The van der Waals surface area contributed by atoms with Crippen LogP contribution in [0.25, 0.3) is 0 Å². The molecule has 0 atom stereocenters. The van der Waals surface area contributed by atoms with Gasteiger partial charge < -0.3 is 4.74 Å². The fourth-order valence-corrected chi connectivity index (χ4v) is 5.11. The second-order valence-corrected chi connectivity index (χ2v) is 8.23. The van der Waals surface area contributed by atoms with Crippen molar-refractivity contribution in [3.8, 4) is 5.75 Å². The number of para-hydroxylation sites is 1. The lowest BCUT2D eigenvalue weighted by atomic mass is 10.2. The molecule has 0 saturated heterocycles. The molecule has 1 aliphatic heterocycles. The number of halogens is 1. The van der Waals surface area contributed by atoms with E-state index < -0.39 is 10.0 Å². The first-order valence-electron chi connectivity index (χ1n) is 6.03. The summed E-state index contributed by atoms with van der Waals surface area (Å²) in [7, 11) is -3.52. The summed E-state index contributed by atoms with van der Waals surface area (Å²) >= 11 is 6.90. The minimum atomic E-state index is -3.52. The third kappa shape index (κ3) is 2.56. The van der Waals surface area contributed by atoms with Crippen molar-refractivity contribution in [1.29, 1.82) is 0 Å². The number of rotatable bonds is 2. The molecule has 20 heavy (non-hydrogen) atoms. The molecule has 1 aromatic heterocycles. The molecule has 2 aromatic rings. The number of thiophene rings is 1. The first kappa shape index (κ1) is 13.9. The lowest BCUT2D eigenvalue weighted by Crippen LogP contribution is -2.32. The maximum Gasteiger partial charge on any atom is 0.253 e. The number of sulfonamides is 1. The van der Waals surface area contributed by atoms with Crippen molar-refractivity contribution >= 4 is 33.0 Å². The summed E-state index contributed by atoms with van der Waals surface area (Å²) in [5, 5.41) is 0. The second-order valence-electron chi connectivity index (χ2n) is 4.35. The summed E-state index contributed by atoms with van der Waals surface area (Å²) in [5.74, 6) is 0.745. The van der Waals surface area contributed by atoms with Crippen LogP contribution in [0.2, 0.25) is 4.34 Å². The molecule has 0 saturated carbocycles. The fourth-order valence-electron chi connectivity index (χ4n) is 2.07. The molecular formula is C13H12ClNO3S2. The summed E-state index contributed by atoms with van der Waals surface area (Å²) in [6, 6.07) is 10.6. The highest BCUT2D eigenvalue weighted by Gasteiger charge is 2.28. The van der Waals surface area contributed by atoms with Crippen LogP contribution >= 0.6 is 22.9 Å². The number of hydrogen-bond acceptors (Lipinski definition) is 4. The molecule has 0 radical (unpaired) electrons. The van der Waals surface area contributed by atoms with E-state index in [1.807, 2.05) is 24.3 Å². The summed E-state index contributed by atoms with van der Waals surface area (Å²) in [4.78, 5) is 0. The van der Waals surface area contributed by atoms with E-state index in [2.05, 4.69) is 0 Å². The molecule has 0 amide bonds. The SMILES string of the molecule is O=S(=O)(c1ccc(Cl)s1)N1CCOc2ccccc2C1. The summed E-state index contributed by atoms with van der Waals surface area (Å²) in [5.41, 5.74) is 0.872. The van der Waals surface area contributed by atoms with Gasteiger partial charge in [-0.15, -0.1) is 11.3 Å². The topological polar surface area (TPSA) is 46.6 Å². The molecule has 4 nitrogen and oxygen atoms in total. The Kier molecular flexibility index (Phi) is 3.72. The van der Waals surface area contributed by atoms with Crippen LogP contribution in [0.4, 0.5) is 0 Å². The van der Waals surface area contributed by atoms with Crippen molar-refractivity contribution in [2.75, 3.05) is 13.2 Å². The van der Waals surface area contributed by atoms with Crippen LogP contribution in [0.3, 0.4) is 0 Å². The molecule has 0 unspecified atom stereocenters. The van der Waals surface area contributed by atoms with Gasteiger partial charge in [-0.3, -0.25) is 0 Å². The first-order chi connectivity index (χ1) is 9.57. The molecule has 7 heteroatoms. The number of hydrogen-bond donors (Lipinski definition) is 0. The zero-order valence-corrected chi connectivity index (χ0v) is 12.8. The molecule has 1 aliphatic rings. The number of ether oxygens (including phenoxy) is 1. The Morgan fingerprint density at radius 3 is 2.75 bits per heavy atom. The molecule has 0 fully saturated rings. The lowest BCUT2D eigenvalue weighted by molar-refractivity contribution is 0.293. The Morgan fingerprint density at radius 2 is 2.00 bits per heavy atom. The minimum absolute atomic E-state index is 0.266. The largest absolute Gasteiger partial charge is 0.492 e. The Hall–Kier alpha value is -1.08. The predicted molar refractivity (Wildman–Crippen MR) is 78.9 cm³/mol. The van der Waals surface area contributed by atoms with Gasteiger partial charge in [0, 0.05) is 18.7 Å². The van der Waals surface area contributed by atoms with Crippen LogP contribution in [-0.4, -0.2) is 25.9 Å². The van der Waals surface area contributed by atoms with Crippen molar-refractivity contribution in [2.45, 2.75) is 10.8 Å². The van der Waals surface area contributed by atoms with Crippen LogP contribution < -0.4 is 4.74 Å². The van der Waals surface area contributed by atoms with Gasteiger partial charge in [0.15, 0.2) is 0 Å². The van der Waals surface area contributed by atoms with E-state index in [1.165, 1.54) is 4.31 Å². The molecule has 0 N–H and O–H groups in total. The first-order valence-corrected chi connectivity index (χ1v) is 8.67. The van der Waals surface area contributed by atoms with Gasteiger partial charge >= 0.3 is 0 Å². The second kappa shape index (κ2) is 5.37. The van der Waals surface area contributed by atoms with Crippen molar-refractivity contribution in [3.05, 3.63) is 46.3 Å². The summed E-state index contributed by atoms with van der Waals surface area (Å²) in [6.07, 6.45) is 0. The third-order valence-corrected chi connectivity index (χ3v) is 6.60. The Balaban J connectivity index is 1.95. The van der Waals surface area contributed by atoms with Crippen LogP contribution in [0, 0.1) is 0 Å². The fraction of sp³-hybridized carbons (Fsp3) is 0.231. The van der Waals surface area contributed by atoms with Crippen molar-refractivity contribution in [3.63, 3.8) is 0 Å². The maximum atomic E-state index is 12.6. The van der Waals surface area contributed by atoms with E-state index in [0.717, 1.165) is 22.6 Å². The average molecular weight is 330 g/mol. The average Bonchev–Trinajstić information content (AvgIpc) is 2.75.